The van der Waals surface area contributed by atoms with E-state index in [-0.39, 0.29) is 24.1 Å². The van der Waals surface area contributed by atoms with E-state index in [0.29, 0.717) is 21.3 Å². The number of hydrogen-bond donors (Lipinski definition) is 0. The van der Waals surface area contributed by atoms with Crippen LogP contribution in [0.1, 0.15) is 25.0 Å². The highest BCUT2D eigenvalue weighted by Gasteiger charge is 2.35. The molecule has 3 rings (SSSR count). The molecule has 7 heteroatoms. The van der Waals surface area contributed by atoms with Gasteiger partial charge in [-0.2, -0.15) is 0 Å². The molecule has 0 saturated heterocycles. The molecule has 0 aliphatic carbocycles. The van der Waals surface area contributed by atoms with Crippen LogP contribution in [-0.4, -0.2) is 17.6 Å². The van der Waals surface area contributed by atoms with Crippen molar-refractivity contribution in [2.45, 2.75) is 20.4 Å². The van der Waals surface area contributed by atoms with Crippen molar-refractivity contribution in [1.82, 2.24) is 0 Å². The Balaban J connectivity index is 1.94. The second-order valence-corrected chi connectivity index (χ2v) is 6.99. The first-order chi connectivity index (χ1) is 12.4. The molecule has 0 N–H and O–H groups in total. The average Bonchev–Trinajstić information content (AvgIpc) is 2.87. The molecule has 0 spiro atoms. The van der Waals surface area contributed by atoms with Gasteiger partial charge in [-0.15, -0.1) is 0 Å². The lowest BCUT2D eigenvalue weighted by Crippen LogP contribution is -2.30. The fourth-order valence-electron chi connectivity index (χ4n) is 2.52. The minimum absolute atomic E-state index is 0.0969. The number of carbonyl (C=O) groups excluding carboxylic acids is 2. The highest BCUT2D eigenvalue weighted by atomic mass is 35.5. The van der Waals surface area contributed by atoms with Crippen molar-refractivity contribution in [3.8, 4) is 0 Å². The van der Waals surface area contributed by atoms with E-state index in [1.54, 1.807) is 49.1 Å². The number of nitrogens with zero attached hydrogens (tertiary/aromatic N) is 2. The Hall–Kier alpha value is -2.37. The molecule has 1 aliphatic heterocycles. The Bertz CT molecular complexity index is 909. The molecule has 134 valence electrons. The second-order valence-electron chi connectivity index (χ2n) is 6.15. The van der Waals surface area contributed by atoms with Crippen LogP contribution in [0.5, 0.6) is 0 Å². The largest absolute Gasteiger partial charge is 0.337 e. The van der Waals surface area contributed by atoms with Crippen LogP contribution >= 0.6 is 23.2 Å². The summed E-state index contributed by atoms with van der Waals surface area (Å²) in [6, 6.07) is 12.3. The topological polar surface area (TPSA) is 59.0 Å². The zero-order chi connectivity index (χ0) is 18.8. The van der Waals surface area contributed by atoms with Crippen LogP contribution in [0.4, 0.5) is 5.69 Å². The molecule has 1 amide bonds. The summed E-state index contributed by atoms with van der Waals surface area (Å²) < 4.78 is 0. The van der Waals surface area contributed by atoms with E-state index < -0.39 is 5.97 Å². The van der Waals surface area contributed by atoms with E-state index in [2.05, 4.69) is 5.16 Å². The average molecular weight is 391 g/mol. The molecule has 0 atom stereocenters. The normalized spacial score (nSPS) is 14.9. The first-order valence-corrected chi connectivity index (χ1v) is 8.78. The van der Waals surface area contributed by atoms with Gasteiger partial charge in [0.1, 0.15) is 0 Å². The molecular formula is C19H16Cl2N2O3. The molecule has 1 aliphatic rings. The second kappa shape index (κ2) is 7.48. The highest BCUT2D eigenvalue weighted by molar-refractivity contribution is 6.54. The number of rotatable bonds is 4. The van der Waals surface area contributed by atoms with Gasteiger partial charge in [0.25, 0.3) is 5.91 Å². The van der Waals surface area contributed by atoms with Gasteiger partial charge in [0.15, 0.2) is 5.71 Å². The number of fused-ring (bicyclic) bond motifs is 1. The lowest BCUT2D eigenvalue weighted by Gasteiger charge is -2.17. The molecule has 0 radical (unpaired) electrons. The maximum Gasteiger partial charge on any atom is 0.337 e. The van der Waals surface area contributed by atoms with E-state index in [9.17, 15) is 9.59 Å². The standard InChI is InChI=1S/C19H16Cl2N2O3/c1-11(2)19(25)26-22-17-14-5-3-4-6-16(14)23(18(17)24)10-12-7-8-13(20)9-15(12)21/h3-9,11H,10H2,1-2H3/b22-17+. The summed E-state index contributed by atoms with van der Waals surface area (Å²) in [4.78, 5) is 31.0. The summed E-state index contributed by atoms with van der Waals surface area (Å²) >= 11 is 12.2. The zero-order valence-electron chi connectivity index (χ0n) is 14.2. The van der Waals surface area contributed by atoms with Crippen molar-refractivity contribution in [2.75, 3.05) is 4.90 Å². The number of oxime groups is 1. The van der Waals surface area contributed by atoms with Gasteiger partial charge in [-0.3, -0.25) is 4.79 Å². The van der Waals surface area contributed by atoms with Crippen molar-refractivity contribution in [2.24, 2.45) is 11.1 Å². The molecule has 0 unspecified atom stereocenters. The number of anilines is 1. The minimum Gasteiger partial charge on any atom is -0.317 e. The Kier molecular flexibility index (Phi) is 5.30. The van der Waals surface area contributed by atoms with Crippen LogP contribution < -0.4 is 4.90 Å². The number of halogens is 2. The molecule has 0 bridgehead atoms. The molecule has 2 aromatic carbocycles. The quantitative estimate of drug-likeness (QED) is 0.572. The van der Waals surface area contributed by atoms with Crippen LogP contribution in [-0.2, 0) is 21.0 Å². The number of carbonyl (C=O) groups is 2. The Labute approximate surface area is 161 Å². The fourth-order valence-corrected chi connectivity index (χ4v) is 2.99. The van der Waals surface area contributed by atoms with Crippen LogP contribution in [0.15, 0.2) is 47.6 Å². The van der Waals surface area contributed by atoms with Crippen molar-refractivity contribution in [1.29, 1.82) is 0 Å². The van der Waals surface area contributed by atoms with Gasteiger partial charge in [-0.25, -0.2) is 4.79 Å². The van der Waals surface area contributed by atoms with Crippen molar-refractivity contribution < 1.29 is 14.4 Å². The molecule has 0 aromatic heterocycles. The van der Waals surface area contributed by atoms with Crippen LogP contribution in [0, 0.1) is 5.92 Å². The van der Waals surface area contributed by atoms with Crippen LogP contribution in [0.2, 0.25) is 10.0 Å². The van der Waals surface area contributed by atoms with Gasteiger partial charge in [0, 0.05) is 15.6 Å². The van der Waals surface area contributed by atoms with Gasteiger partial charge in [0.2, 0.25) is 0 Å². The Morgan fingerprint density at radius 3 is 2.62 bits per heavy atom. The predicted octanol–water partition coefficient (Wildman–Crippen LogP) is 4.44. The number of para-hydroxylation sites is 1. The van der Waals surface area contributed by atoms with Crippen LogP contribution in [0.25, 0.3) is 0 Å². The number of benzene rings is 2. The van der Waals surface area contributed by atoms with E-state index in [1.807, 2.05) is 12.1 Å². The lowest BCUT2D eigenvalue weighted by atomic mass is 10.1. The third kappa shape index (κ3) is 3.59. The van der Waals surface area contributed by atoms with E-state index >= 15 is 0 Å². The monoisotopic (exact) mass is 390 g/mol. The van der Waals surface area contributed by atoms with Gasteiger partial charge in [-0.1, -0.05) is 66.5 Å². The van der Waals surface area contributed by atoms with E-state index in [0.717, 1.165) is 5.56 Å². The first-order valence-electron chi connectivity index (χ1n) is 8.02. The van der Waals surface area contributed by atoms with Crippen molar-refractivity contribution in [3.05, 3.63) is 63.6 Å². The third-order valence-electron chi connectivity index (χ3n) is 3.94. The smallest absolute Gasteiger partial charge is 0.317 e. The van der Waals surface area contributed by atoms with Crippen molar-refractivity contribution >= 4 is 46.5 Å². The van der Waals surface area contributed by atoms with Crippen molar-refractivity contribution in [3.63, 3.8) is 0 Å². The molecule has 26 heavy (non-hydrogen) atoms. The highest BCUT2D eigenvalue weighted by Crippen LogP contribution is 2.32. The summed E-state index contributed by atoms with van der Waals surface area (Å²) in [6.45, 7) is 3.65. The number of amides is 1. The van der Waals surface area contributed by atoms with Gasteiger partial charge < -0.3 is 9.74 Å². The summed E-state index contributed by atoms with van der Waals surface area (Å²) in [5.41, 5.74) is 2.14. The SMILES string of the molecule is CC(C)C(=O)O/N=C1/C(=O)N(Cc2ccc(Cl)cc2Cl)c2ccccc21. The van der Waals surface area contributed by atoms with Gasteiger partial charge in [0.05, 0.1) is 18.2 Å². The molecule has 0 fully saturated rings. The van der Waals surface area contributed by atoms with E-state index in [1.165, 1.54) is 0 Å². The Morgan fingerprint density at radius 2 is 1.92 bits per heavy atom. The Morgan fingerprint density at radius 1 is 1.19 bits per heavy atom. The summed E-state index contributed by atoms with van der Waals surface area (Å²) in [6.07, 6.45) is 0. The first kappa shape index (κ1) is 18.4. The van der Waals surface area contributed by atoms with Gasteiger partial charge >= 0.3 is 5.97 Å². The summed E-state index contributed by atoms with van der Waals surface area (Å²) in [7, 11) is 0. The summed E-state index contributed by atoms with van der Waals surface area (Å²) in [5, 5.41) is 4.81. The third-order valence-corrected chi connectivity index (χ3v) is 4.53. The molecule has 0 saturated carbocycles. The minimum atomic E-state index is -0.498. The van der Waals surface area contributed by atoms with E-state index in [4.69, 9.17) is 28.0 Å². The maximum atomic E-state index is 12.9. The number of hydrogen-bond acceptors (Lipinski definition) is 4. The molecule has 5 nitrogen and oxygen atoms in total. The van der Waals surface area contributed by atoms with Gasteiger partial charge in [-0.05, 0) is 23.8 Å². The summed E-state index contributed by atoms with van der Waals surface area (Å²) in [5.74, 6) is -1.19. The fraction of sp³-hybridized carbons (Fsp3) is 0.211. The maximum absolute atomic E-state index is 12.9. The molecule has 1 heterocycles. The zero-order valence-corrected chi connectivity index (χ0v) is 15.7. The predicted molar refractivity (Wildman–Crippen MR) is 102 cm³/mol. The molecular weight excluding hydrogens is 375 g/mol. The molecule has 2 aromatic rings. The lowest BCUT2D eigenvalue weighted by molar-refractivity contribution is -0.147. The van der Waals surface area contributed by atoms with Crippen LogP contribution in [0.3, 0.4) is 0 Å².